The second-order valence-corrected chi connectivity index (χ2v) is 5.52. The van der Waals surface area contributed by atoms with Gasteiger partial charge in [0.15, 0.2) is 5.75 Å². The molecule has 0 saturated carbocycles. The summed E-state index contributed by atoms with van der Waals surface area (Å²) in [7, 11) is -5.76. The average Bonchev–Trinajstić information content (AvgIpc) is 2.39. The van der Waals surface area contributed by atoms with Gasteiger partial charge in [-0.25, -0.2) is 4.39 Å². The van der Waals surface area contributed by atoms with Crippen LogP contribution in [0.15, 0.2) is 48.5 Å². The highest BCUT2D eigenvalue weighted by molar-refractivity contribution is 14.0. The molecule has 0 aliphatic rings. The lowest BCUT2D eigenvalue weighted by atomic mass is 10.1. The van der Waals surface area contributed by atoms with Gasteiger partial charge in [0.05, 0.1) is 0 Å². The van der Waals surface area contributed by atoms with Crippen molar-refractivity contribution in [1.82, 2.24) is 0 Å². The van der Waals surface area contributed by atoms with E-state index in [0.29, 0.717) is 5.56 Å². The zero-order valence-electron chi connectivity index (χ0n) is 10.7. The molecule has 0 N–H and O–H groups in total. The number of alkyl halides is 3. The van der Waals surface area contributed by atoms with Crippen molar-refractivity contribution in [2.75, 3.05) is 0 Å². The van der Waals surface area contributed by atoms with Gasteiger partial charge in [-0.05, 0) is 23.8 Å². The second kappa shape index (κ2) is 6.82. The van der Waals surface area contributed by atoms with E-state index in [2.05, 4.69) is 4.18 Å². The minimum Gasteiger partial charge on any atom is -0.375 e. The summed E-state index contributed by atoms with van der Waals surface area (Å²) < 4.78 is 76.1. The first-order chi connectivity index (χ1) is 9.71. The Hall–Kier alpha value is -1.36. The van der Waals surface area contributed by atoms with Gasteiger partial charge in [-0.15, -0.1) is 24.0 Å². The van der Waals surface area contributed by atoms with E-state index >= 15 is 0 Å². The number of hydrogen-bond acceptors (Lipinski definition) is 3. The van der Waals surface area contributed by atoms with E-state index in [9.17, 15) is 26.0 Å². The molecular formula is C13H9F4IO3S. The number of para-hydroxylation sites is 1. The van der Waals surface area contributed by atoms with Crippen LogP contribution in [0.1, 0.15) is 0 Å². The van der Waals surface area contributed by atoms with Crippen molar-refractivity contribution in [3.05, 3.63) is 54.3 Å². The molecule has 2 aromatic carbocycles. The molecule has 0 unspecified atom stereocenters. The van der Waals surface area contributed by atoms with E-state index in [-0.39, 0.29) is 29.5 Å². The molecule has 0 bridgehead atoms. The lowest BCUT2D eigenvalue weighted by molar-refractivity contribution is -0.0499. The Bertz CT molecular complexity index is 743. The van der Waals surface area contributed by atoms with Crippen LogP contribution in [-0.4, -0.2) is 13.9 Å². The Balaban J connectivity index is 0.00000242. The van der Waals surface area contributed by atoms with Gasteiger partial charge in [0, 0.05) is 5.56 Å². The van der Waals surface area contributed by atoms with Crippen LogP contribution in [0.2, 0.25) is 0 Å². The number of benzene rings is 2. The molecule has 22 heavy (non-hydrogen) atoms. The Kier molecular flexibility index (Phi) is 5.79. The molecule has 0 aliphatic heterocycles. The van der Waals surface area contributed by atoms with Gasteiger partial charge in [-0.1, -0.05) is 30.3 Å². The van der Waals surface area contributed by atoms with Crippen LogP contribution >= 0.6 is 24.0 Å². The third-order valence-electron chi connectivity index (χ3n) is 2.53. The van der Waals surface area contributed by atoms with Crippen LogP contribution in [0.4, 0.5) is 17.6 Å². The van der Waals surface area contributed by atoms with Gasteiger partial charge in [0.25, 0.3) is 0 Å². The molecule has 0 radical (unpaired) electrons. The highest BCUT2D eigenvalue weighted by atomic mass is 127. The normalized spacial score (nSPS) is 11.6. The predicted molar refractivity (Wildman–Crippen MR) is 82.9 cm³/mol. The topological polar surface area (TPSA) is 43.4 Å². The first-order valence-corrected chi connectivity index (χ1v) is 6.97. The Morgan fingerprint density at radius 1 is 0.909 bits per heavy atom. The molecule has 9 heteroatoms. The third kappa shape index (κ3) is 4.09. The smallest absolute Gasteiger partial charge is 0.375 e. The van der Waals surface area contributed by atoms with Gasteiger partial charge in [0.1, 0.15) is 5.82 Å². The fourth-order valence-corrected chi connectivity index (χ4v) is 2.05. The zero-order valence-corrected chi connectivity index (χ0v) is 13.8. The Morgan fingerprint density at radius 3 is 2.00 bits per heavy atom. The van der Waals surface area contributed by atoms with Gasteiger partial charge in [-0.2, -0.15) is 21.6 Å². The van der Waals surface area contributed by atoms with E-state index in [1.165, 1.54) is 30.3 Å². The highest BCUT2D eigenvalue weighted by Crippen LogP contribution is 2.34. The van der Waals surface area contributed by atoms with E-state index in [1.54, 1.807) is 0 Å². The van der Waals surface area contributed by atoms with Gasteiger partial charge in [-0.3, -0.25) is 0 Å². The predicted octanol–water partition coefficient (Wildman–Crippen LogP) is 4.34. The molecule has 2 aromatic rings. The fourth-order valence-electron chi connectivity index (χ4n) is 1.57. The molecule has 0 saturated heterocycles. The third-order valence-corrected chi connectivity index (χ3v) is 3.49. The maximum atomic E-state index is 12.9. The largest absolute Gasteiger partial charge is 0.534 e. The quantitative estimate of drug-likeness (QED) is 0.304. The van der Waals surface area contributed by atoms with Crippen LogP contribution < -0.4 is 4.18 Å². The van der Waals surface area contributed by atoms with E-state index in [1.807, 2.05) is 0 Å². The minimum absolute atomic E-state index is 0. The lowest BCUT2D eigenvalue weighted by Crippen LogP contribution is -2.28. The van der Waals surface area contributed by atoms with Crippen molar-refractivity contribution in [3.63, 3.8) is 0 Å². The van der Waals surface area contributed by atoms with E-state index in [0.717, 1.165) is 18.2 Å². The van der Waals surface area contributed by atoms with Crippen LogP contribution in [0, 0.1) is 5.82 Å². The van der Waals surface area contributed by atoms with Crippen molar-refractivity contribution in [1.29, 1.82) is 0 Å². The molecule has 3 nitrogen and oxygen atoms in total. The van der Waals surface area contributed by atoms with Gasteiger partial charge < -0.3 is 4.18 Å². The molecule has 120 valence electrons. The maximum absolute atomic E-state index is 12.9. The second-order valence-electron chi connectivity index (χ2n) is 3.99. The number of hydrogen-bond donors (Lipinski definition) is 0. The number of halogens is 5. The summed E-state index contributed by atoms with van der Waals surface area (Å²) in [5.74, 6) is -1.01. The summed E-state index contributed by atoms with van der Waals surface area (Å²) in [5, 5.41) is 0. The molecule has 0 amide bonds. The molecule has 0 aromatic heterocycles. The molecule has 2 rings (SSSR count). The van der Waals surface area contributed by atoms with Crippen molar-refractivity contribution in [2.24, 2.45) is 0 Å². The average molecular weight is 448 g/mol. The van der Waals surface area contributed by atoms with Crippen molar-refractivity contribution >= 4 is 34.1 Å². The Labute approximate surface area is 141 Å². The summed E-state index contributed by atoms with van der Waals surface area (Å²) in [4.78, 5) is 0. The molecule has 0 spiro atoms. The first-order valence-electron chi connectivity index (χ1n) is 5.56. The van der Waals surface area contributed by atoms with E-state index in [4.69, 9.17) is 0 Å². The minimum atomic E-state index is -5.76. The molecule has 0 heterocycles. The van der Waals surface area contributed by atoms with Gasteiger partial charge >= 0.3 is 15.6 Å². The van der Waals surface area contributed by atoms with Crippen LogP contribution in [0.25, 0.3) is 11.1 Å². The van der Waals surface area contributed by atoms with Crippen LogP contribution in [-0.2, 0) is 10.1 Å². The van der Waals surface area contributed by atoms with Crippen molar-refractivity contribution in [3.8, 4) is 16.9 Å². The first kappa shape index (κ1) is 18.7. The summed E-state index contributed by atoms with van der Waals surface area (Å²) in [6.45, 7) is 0. The Morgan fingerprint density at radius 2 is 1.45 bits per heavy atom. The number of rotatable bonds is 3. The summed E-state index contributed by atoms with van der Waals surface area (Å²) >= 11 is 0. The standard InChI is InChI=1S/C13H8F4O3S.HI/c14-10-7-5-9(6-8-10)11-3-1-2-4-12(11)20-21(18,19)13(15,16)17;/h1-8H;1H. The van der Waals surface area contributed by atoms with Crippen LogP contribution in [0.3, 0.4) is 0 Å². The maximum Gasteiger partial charge on any atom is 0.534 e. The molecule has 0 fully saturated rings. The zero-order chi connectivity index (χ0) is 15.7. The summed E-state index contributed by atoms with van der Waals surface area (Å²) in [6.07, 6.45) is 0. The SMILES string of the molecule is I.O=S(=O)(Oc1ccccc1-c1ccc(F)cc1)C(F)(F)F. The van der Waals surface area contributed by atoms with E-state index < -0.39 is 27.2 Å². The molecule has 0 atom stereocenters. The van der Waals surface area contributed by atoms with Crippen LogP contribution in [0.5, 0.6) is 5.75 Å². The summed E-state index contributed by atoms with van der Waals surface area (Å²) in [5.41, 5.74) is -5.10. The molecule has 0 aliphatic carbocycles. The highest BCUT2D eigenvalue weighted by Gasteiger charge is 2.48. The fraction of sp³-hybridized carbons (Fsp3) is 0.0769. The molecular weight excluding hydrogens is 439 g/mol. The van der Waals surface area contributed by atoms with Gasteiger partial charge in [0.2, 0.25) is 0 Å². The lowest BCUT2D eigenvalue weighted by Gasteiger charge is -2.13. The van der Waals surface area contributed by atoms with Crippen molar-refractivity contribution < 1.29 is 30.2 Å². The monoisotopic (exact) mass is 448 g/mol. The summed E-state index contributed by atoms with van der Waals surface area (Å²) in [6, 6.07) is 10.1. The van der Waals surface area contributed by atoms with Crippen molar-refractivity contribution in [2.45, 2.75) is 5.51 Å².